The summed E-state index contributed by atoms with van der Waals surface area (Å²) in [7, 11) is 0. The summed E-state index contributed by atoms with van der Waals surface area (Å²) in [6.07, 6.45) is 2.57. The average molecular weight is 378 g/mol. The molecular formula is C21H22N4O3. The predicted octanol–water partition coefficient (Wildman–Crippen LogP) is 2.70. The van der Waals surface area contributed by atoms with E-state index in [2.05, 4.69) is 15.4 Å². The molecular weight excluding hydrogens is 356 g/mol. The lowest BCUT2D eigenvalue weighted by atomic mass is 10.0. The number of amides is 1. The van der Waals surface area contributed by atoms with Gasteiger partial charge in [-0.1, -0.05) is 42.5 Å². The highest BCUT2D eigenvalue weighted by molar-refractivity contribution is 5.97. The van der Waals surface area contributed by atoms with Crippen molar-refractivity contribution >= 4 is 11.9 Å². The molecule has 1 atom stereocenters. The van der Waals surface area contributed by atoms with Crippen molar-refractivity contribution in [1.82, 2.24) is 20.1 Å². The first-order valence-electron chi connectivity index (χ1n) is 9.02. The fraction of sp³-hybridized carbons (Fsp3) is 0.238. The molecule has 1 heterocycles. The molecule has 0 spiro atoms. The van der Waals surface area contributed by atoms with Gasteiger partial charge in [-0.05, 0) is 37.1 Å². The lowest BCUT2D eigenvalue weighted by Gasteiger charge is -2.19. The maximum Gasteiger partial charge on any atom is 0.330 e. The van der Waals surface area contributed by atoms with Gasteiger partial charge in [-0.25, -0.2) is 9.78 Å². The van der Waals surface area contributed by atoms with Crippen LogP contribution in [-0.2, 0) is 16.1 Å². The highest BCUT2D eigenvalue weighted by Crippen LogP contribution is 2.19. The Morgan fingerprint density at radius 2 is 1.71 bits per heavy atom. The Balaban J connectivity index is 1.72. The number of hydrogen-bond acceptors (Lipinski definition) is 5. The molecule has 28 heavy (non-hydrogen) atoms. The standard InChI is InChI=1S/C21H22N4O3/c1-15(2)28-21(27)19(12-25-14-22-13-23-25)24-20(26)18-10-8-17(9-11-18)16-6-4-3-5-7-16/h3-11,13-15,19H,12H2,1-2H3,(H,24,26)/t19-/m0/s1. The van der Waals surface area contributed by atoms with E-state index in [0.717, 1.165) is 11.1 Å². The maximum absolute atomic E-state index is 12.7. The quantitative estimate of drug-likeness (QED) is 0.639. The van der Waals surface area contributed by atoms with E-state index in [1.807, 2.05) is 42.5 Å². The Hall–Kier alpha value is -3.48. The topological polar surface area (TPSA) is 86.1 Å². The largest absolute Gasteiger partial charge is 0.461 e. The summed E-state index contributed by atoms with van der Waals surface area (Å²) in [5, 5.41) is 6.72. The molecule has 3 aromatic rings. The predicted molar refractivity (Wildman–Crippen MR) is 104 cm³/mol. The smallest absolute Gasteiger partial charge is 0.330 e. The number of hydrogen-bond donors (Lipinski definition) is 1. The van der Waals surface area contributed by atoms with Crippen LogP contribution in [0.4, 0.5) is 0 Å². The van der Waals surface area contributed by atoms with Crippen LogP contribution in [0.2, 0.25) is 0 Å². The summed E-state index contributed by atoms with van der Waals surface area (Å²) in [4.78, 5) is 28.9. The number of ether oxygens (including phenoxy) is 1. The molecule has 0 unspecified atom stereocenters. The minimum Gasteiger partial charge on any atom is -0.461 e. The second kappa shape index (κ2) is 8.94. The number of carbonyl (C=O) groups excluding carboxylic acids is 2. The van der Waals surface area contributed by atoms with Crippen LogP contribution >= 0.6 is 0 Å². The van der Waals surface area contributed by atoms with E-state index in [0.29, 0.717) is 5.56 Å². The number of benzene rings is 2. The van der Waals surface area contributed by atoms with Crippen LogP contribution < -0.4 is 5.32 Å². The monoisotopic (exact) mass is 378 g/mol. The van der Waals surface area contributed by atoms with E-state index >= 15 is 0 Å². The van der Waals surface area contributed by atoms with Gasteiger partial charge in [-0.3, -0.25) is 9.48 Å². The van der Waals surface area contributed by atoms with E-state index in [-0.39, 0.29) is 18.6 Å². The molecule has 0 fully saturated rings. The first kappa shape index (κ1) is 19.3. The third kappa shape index (κ3) is 5.03. The molecule has 0 saturated heterocycles. The minimum atomic E-state index is -0.870. The summed E-state index contributed by atoms with van der Waals surface area (Å²) in [5.74, 6) is -0.870. The number of carbonyl (C=O) groups is 2. The van der Waals surface area contributed by atoms with Gasteiger partial charge in [0.15, 0.2) is 0 Å². The van der Waals surface area contributed by atoms with Gasteiger partial charge in [-0.2, -0.15) is 5.10 Å². The van der Waals surface area contributed by atoms with E-state index in [1.165, 1.54) is 17.3 Å². The molecule has 0 radical (unpaired) electrons. The first-order chi connectivity index (χ1) is 13.5. The van der Waals surface area contributed by atoms with Crippen LogP contribution in [0.3, 0.4) is 0 Å². The SMILES string of the molecule is CC(C)OC(=O)[C@H](Cn1cncn1)NC(=O)c1ccc(-c2ccccc2)cc1. The molecule has 1 aromatic heterocycles. The number of nitrogens with zero attached hydrogens (tertiary/aromatic N) is 3. The summed E-state index contributed by atoms with van der Waals surface area (Å²) in [5.41, 5.74) is 2.54. The molecule has 0 bridgehead atoms. The van der Waals surface area contributed by atoms with Crippen LogP contribution in [0.15, 0.2) is 67.3 Å². The minimum absolute atomic E-state index is 0.138. The van der Waals surface area contributed by atoms with Crippen LogP contribution in [0.25, 0.3) is 11.1 Å². The third-order valence-electron chi connectivity index (χ3n) is 4.03. The zero-order valence-electron chi connectivity index (χ0n) is 15.8. The molecule has 0 aliphatic carbocycles. The molecule has 0 aliphatic heterocycles. The molecule has 1 amide bonds. The number of nitrogens with one attached hydrogen (secondary N) is 1. The fourth-order valence-electron chi connectivity index (χ4n) is 2.69. The van der Waals surface area contributed by atoms with Gasteiger partial charge in [0, 0.05) is 5.56 Å². The second-order valence-corrected chi connectivity index (χ2v) is 6.57. The number of rotatable bonds is 7. The van der Waals surface area contributed by atoms with E-state index in [9.17, 15) is 9.59 Å². The van der Waals surface area contributed by atoms with Crippen molar-refractivity contribution in [3.8, 4) is 11.1 Å². The summed E-state index contributed by atoms with van der Waals surface area (Å²) < 4.78 is 6.74. The van der Waals surface area contributed by atoms with Crippen LogP contribution in [0.1, 0.15) is 24.2 Å². The zero-order valence-corrected chi connectivity index (χ0v) is 15.8. The van der Waals surface area contributed by atoms with E-state index in [4.69, 9.17) is 4.74 Å². The molecule has 2 aromatic carbocycles. The Labute approximate surface area is 163 Å². The second-order valence-electron chi connectivity index (χ2n) is 6.57. The van der Waals surface area contributed by atoms with Gasteiger partial charge in [0.2, 0.25) is 0 Å². The molecule has 0 aliphatic rings. The number of aromatic nitrogens is 3. The van der Waals surface area contributed by atoms with E-state index in [1.54, 1.807) is 26.0 Å². The van der Waals surface area contributed by atoms with E-state index < -0.39 is 12.0 Å². The van der Waals surface area contributed by atoms with Crippen LogP contribution in [-0.4, -0.2) is 38.8 Å². The molecule has 7 nitrogen and oxygen atoms in total. The van der Waals surface area contributed by atoms with Crippen molar-refractivity contribution in [3.05, 3.63) is 72.8 Å². The van der Waals surface area contributed by atoms with Crippen molar-refractivity contribution in [2.24, 2.45) is 0 Å². The third-order valence-corrected chi connectivity index (χ3v) is 4.03. The average Bonchev–Trinajstić information content (AvgIpc) is 3.21. The molecule has 1 N–H and O–H groups in total. The zero-order chi connectivity index (χ0) is 19.9. The van der Waals surface area contributed by atoms with Crippen LogP contribution in [0, 0.1) is 0 Å². The van der Waals surface area contributed by atoms with Crippen molar-refractivity contribution in [2.75, 3.05) is 0 Å². The maximum atomic E-state index is 12.7. The fourth-order valence-corrected chi connectivity index (χ4v) is 2.69. The Kier molecular flexibility index (Phi) is 6.16. The van der Waals surface area contributed by atoms with Crippen molar-refractivity contribution < 1.29 is 14.3 Å². The van der Waals surface area contributed by atoms with Gasteiger partial charge >= 0.3 is 5.97 Å². The lowest BCUT2D eigenvalue weighted by molar-refractivity contribution is -0.150. The lowest BCUT2D eigenvalue weighted by Crippen LogP contribution is -2.45. The Morgan fingerprint density at radius 1 is 1.04 bits per heavy atom. The van der Waals surface area contributed by atoms with Crippen molar-refractivity contribution in [1.29, 1.82) is 0 Å². The Morgan fingerprint density at radius 3 is 2.32 bits per heavy atom. The van der Waals surface area contributed by atoms with Gasteiger partial charge in [0.05, 0.1) is 12.6 Å². The molecule has 7 heteroatoms. The van der Waals surface area contributed by atoms with Gasteiger partial charge in [0.25, 0.3) is 5.91 Å². The van der Waals surface area contributed by atoms with Gasteiger partial charge in [-0.15, -0.1) is 0 Å². The normalized spacial score (nSPS) is 11.8. The van der Waals surface area contributed by atoms with Crippen molar-refractivity contribution in [2.45, 2.75) is 32.5 Å². The number of esters is 1. The molecule has 0 saturated carbocycles. The van der Waals surface area contributed by atoms with Gasteiger partial charge in [0.1, 0.15) is 18.7 Å². The highest BCUT2D eigenvalue weighted by Gasteiger charge is 2.24. The summed E-state index contributed by atoms with van der Waals surface area (Å²) in [6.45, 7) is 3.66. The summed E-state index contributed by atoms with van der Waals surface area (Å²) >= 11 is 0. The first-order valence-corrected chi connectivity index (χ1v) is 9.02. The highest BCUT2D eigenvalue weighted by atomic mass is 16.5. The Bertz CT molecular complexity index is 907. The summed E-state index contributed by atoms with van der Waals surface area (Å²) in [6, 6.07) is 16.2. The van der Waals surface area contributed by atoms with Crippen molar-refractivity contribution in [3.63, 3.8) is 0 Å². The van der Waals surface area contributed by atoms with Crippen LogP contribution in [0.5, 0.6) is 0 Å². The van der Waals surface area contributed by atoms with Gasteiger partial charge < -0.3 is 10.1 Å². The molecule has 144 valence electrons. The molecule has 3 rings (SSSR count).